The van der Waals surface area contributed by atoms with E-state index >= 15 is 0 Å². The summed E-state index contributed by atoms with van der Waals surface area (Å²) in [5, 5.41) is 8.12. The molecule has 0 radical (unpaired) electrons. The Bertz CT molecular complexity index is 639. The first-order valence-corrected chi connectivity index (χ1v) is 8.06. The molecule has 1 aromatic rings. The van der Waals surface area contributed by atoms with Crippen molar-refractivity contribution < 1.29 is 13.2 Å². The van der Waals surface area contributed by atoms with Crippen molar-refractivity contribution >= 4 is 27.5 Å². The van der Waals surface area contributed by atoms with Gasteiger partial charge in [-0.2, -0.15) is 0 Å². The highest BCUT2D eigenvalue weighted by molar-refractivity contribution is 7.89. The van der Waals surface area contributed by atoms with Gasteiger partial charge in [0.05, 0.1) is 4.90 Å². The topological polar surface area (TPSA) is 89.3 Å². The van der Waals surface area contributed by atoms with E-state index in [9.17, 15) is 13.2 Å². The van der Waals surface area contributed by atoms with Crippen LogP contribution in [0.15, 0.2) is 17.0 Å². The highest BCUT2D eigenvalue weighted by atomic mass is 35.5. The van der Waals surface area contributed by atoms with E-state index in [2.05, 4.69) is 5.32 Å². The maximum absolute atomic E-state index is 12.3. The Morgan fingerprint density at radius 3 is 2.40 bits per heavy atom. The van der Waals surface area contributed by atoms with Gasteiger partial charge in [0.15, 0.2) is 0 Å². The summed E-state index contributed by atoms with van der Waals surface area (Å²) in [6, 6.07) is 2.68. The molecule has 1 aromatic carbocycles. The summed E-state index contributed by atoms with van der Waals surface area (Å²) < 4.78 is 23.0. The van der Waals surface area contributed by atoms with Crippen LogP contribution in [0.2, 0.25) is 5.02 Å². The number of rotatable bonds is 4. The Balaban J connectivity index is 3.33. The fourth-order valence-electron chi connectivity index (χ4n) is 1.65. The van der Waals surface area contributed by atoms with Crippen molar-refractivity contribution in [2.75, 3.05) is 0 Å². The van der Waals surface area contributed by atoms with Gasteiger partial charge in [0.1, 0.15) is 0 Å². The van der Waals surface area contributed by atoms with Gasteiger partial charge in [0.2, 0.25) is 10.0 Å². The molecule has 3 N–H and O–H groups in total. The first-order chi connectivity index (χ1) is 8.98. The highest BCUT2D eigenvalue weighted by Gasteiger charge is 2.23. The van der Waals surface area contributed by atoms with Crippen LogP contribution in [-0.2, 0) is 10.0 Å². The molecule has 0 atom stereocenters. The molecule has 0 spiro atoms. The van der Waals surface area contributed by atoms with Crippen LogP contribution in [0.1, 0.15) is 43.1 Å². The average molecular weight is 319 g/mol. The molecule has 0 heterocycles. The third kappa shape index (κ3) is 3.94. The summed E-state index contributed by atoms with van der Waals surface area (Å²) in [5.41, 5.74) is 0.109. The van der Waals surface area contributed by atoms with Gasteiger partial charge in [-0.15, -0.1) is 0 Å². The van der Waals surface area contributed by atoms with E-state index < -0.39 is 15.6 Å². The van der Waals surface area contributed by atoms with Crippen molar-refractivity contribution in [3.8, 4) is 0 Å². The van der Waals surface area contributed by atoms with Gasteiger partial charge >= 0.3 is 0 Å². The minimum Gasteiger partial charge on any atom is -0.347 e. The smallest absolute Gasteiger partial charge is 0.252 e. The number of sulfonamides is 1. The van der Waals surface area contributed by atoms with Gasteiger partial charge in [-0.3, -0.25) is 4.79 Å². The van der Waals surface area contributed by atoms with Crippen molar-refractivity contribution in [1.29, 1.82) is 0 Å². The Morgan fingerprint density at radius 1 is 1.40 bits per heavy atom. The zero-order valence-electron chi connectivity index (χ0n) is 12.0. The molecule has 20 heavy (non-hydrogen) atoms. The van der Waals surface area contributed by atoms with E-state index in [0.29, 0.717) is 5.56 Å². The van der Waals surface area contributed by atoms with Crippen molar-refractivity contribution in [2.45, 2.75) is 44.6 Å². The summed E-state index contributed by atoms with van der Waals surface area (Å²) in [6.45, 7) is 7.24. The van der Waals surface area contributed by atoms with Crippen LogP contribution in [0.4, 0.5) is 0 Å². The molecule has 1 rings (SSSR count). The zero-order valence-corrected chi connectivity index (χ0v) is 13.5. The van der Waals surface area contributed by atoms with Crippen molar-refractivity contribution in [3.05, 3.63) is 28.3 Å². The van der Waals surface area contributed by atoms with Crippen LogP contribution < -0.4 is 10.5 Å². The Labute approximate surface area is 124 Å². The molecule has 0 bridgehead atoms. The molecular formula is C13H19ClN2O3S. The van der Waals surface area contributed by atoms with Gasteiger partial charge in [0.25, 0.3) is 5.91 Å². The van der Waals surface area contributed by atoms with Gasteiger partial charge in [0, 0.05) is 16.1 Å². The summed E-state index contributed by atoms with van der Waals surface area (Å²) >= 11 is 5.88. The molecule has 112 valence electrons. The molecule has 0 aliphatic heterocycles. The minimum absolute atomic E-state index is 0.135. The molecule has 0 fully saturated rings. The van der Waals surface area contributed by atoms with E-state index in [1.54, 1.807) is 0 Å². The van der Waals surface area contributed by atoms with E-state index in [0.717, 1.165) is 6.42 Å². The Morgan fingerprint density at radius 2 is 1.95 bits per heavy atom. The van der Waals surface area contributed by atoms with E-state index in [-0.39, 0.29) is 21.4 Å². The number of benzene rings is 1. The predicted octanol–water partition coefficient (Wildman–Crippen LogP) is 2.21. The number of halogens is 1. The molecule has 5 nitrogen and oxygen atoms in total. The summed E-state index contributed by atoms with van der Waals surface area (Å²) in [7, 11) is -3.93. The molecule has 0 unspecified atom stereocenters. The second-order valence-electron chi connectivity index (χ2n) is 5.31. The summed E-state index contributed by atoms with van der Waals surface area (Å²) in [5.74, 6) is -0.373. The van der Waals surface area contributed by atoms with Gasteiger partial charge in [-0.05, 0) is 44.9 Å². The molecular weight excluding hydrogens is 300 g/mol. The van der Waals surface area contributed by atoms with Crippen LogP contribution >= 0.6 is 11.6 Å². The molecule has 0 aliphatic rings. The fraction of sp³-hybridized carbons (Fsp3) is 0.462. The number of hydrogen-bond acceptors (Lipinski definition) is 3. The third-order valence-corrected chi connectivity index (χ3v) is 4.47. The fourth-order valence-corrected chi connectivity index (χ4v) is 2.76. The maximum Gasteiger partial charge on any atom is 0.252 e. The lowest BCUT2D eigenvalue weighted by Crippen LogP contribution is -2.43. The van der Waals surface area contributed by atoms with Crippen LogP contribution in [0.25, 0.3) is 0 Å². The van der Waals surface area contributed by atoms with Crippen LogP contribution in [0.5, 0.6) is 0 Å². The van der Waals surface area contributed by atoms with Crippen LogP contribution in [0, 0.1) is 6.92 Å². The highest BCUT2D eigenvalue weighted by Crippen LogP contribution is 2.24. The van der Waals surface area contributed by atoms with Crippen molar-refractivity contribution in [3.63, 3.8) is 0 Å². The summed E-state index contributed by atoms with van der Waals surface area (Å²) in [4.78, 5) is 12.1. The van der Waals surface area contributed by atoms with Gasteiger partial charge in [-0.25, -0.2) is 13.6 Å². The van der Waals surface area contributed by atoms with Gasteiger partial charge in [-0.1, -0.05) is 18.5 Å². The number of carbonyl (C=O) groups is 1. The van der Waals surface area contributed by atoms with Crippen molar-refractivity contribution in [2.24, 2.45) is 5.14 Å². The lowest BCUT2D eigenvalue weighted by molar-refractivity contribution is 0.0910. The SMILES string of the molecule is CCC(C)(C)NC(=O)c1cc(Cl)cc(S(N)(=O)=O)c1C. The molecule has 1 amide bonds. The van der Waals surface area contributed by atoms with E-state index in [1.807, 2.05) is 20.8 Å². The Kier molecular flexibility index (Phi) is 4.84. The number of carbonyl (C=O) groups excluding carboxylic acids is 1. The first kappa shape index (κ1) is 16.9. The number of hydrogen-bond donors (Lipinski definition) is 2. The molecule has 7 heteroatoms. The zero-order chi connectivity index (χ0) is 15.7. The molecule has 0 aliphatic carbocycles. The van der Waals surface area contributed by atoms with Crippen LogP contribution in [-0.4, -0.2) is 19.9 Å². The Hall–Kier alpha value is -1.11. The quantitative estimate of drug-likeness (QED) is 0.892. The monoisotopic (exact) mass is 318 g/mol. The van der Waals surface area contributed by atoms with Crippen LogP contribution in [0.3, 0.4) is 0 Å². The molecule has 0 saturated heterocycles. The number of primary sulfonamides is 1. The number of amides is 1. The maximum atomic E-state index is 12.3. The number of nitrogens with two attached hydrogens (primary N) is 1. The third-order valence-electron chi connectivity index (χ3n) is 3.21. The minimum atomic E-state index is -3.93. The average Bonchev–Trinajstić information content (AvgIpc) is 2.29. The summed E-state index contributed by atoms with van der Waals surface area (Å²) in [6.07, 6.45) is 0.737. The molecule has 0 aromatic heterocycles. The second-order valence-corrected chi connectivity index (χ2v) is 7.28. The van der Waals surface area contributed by atoms with Gasteiger partial charge < -0.3 is 5.32 Å². The van der Waals surface area contributed by atoms with Crippen molar-refractivity contribution in [1.82, 2.24) is 5.32 Å². The van der Waals surface area contributed by atoms with E-state index in [1.165, 1.54) is 19.1 Å². The normalized spacial score (nSPS) is 12.3. The lowest BCUT2D eigenvalue weighted by atomic mass is 10.0. The first-order valence-electron chi connectivity index (χ1n) is 6.13. The number of nitrogens with one attached hydrogen (secondary N) is 1. The lowest BCUT2D eigenvalue weighted by Gasteiger charge is -2.25. The second kappa shape index (κ2) is 5.71. The predicted molar refractivity (Wildman–Crippen MR) is 79.4 cm³/mol. The van der Waals surface area contributed by atoms with E-state index in [4.69, 9.17) is 16.7 Å². The largest absolute Gasteiger partial charge is 0.347 e. The standard InChI is InChI=1S/C13H19ClN2O3S/c1-5-13(3,4)16-12(17)10-6-9(14)7-11(8(10)2)20(15,18)19/h6-7H,5H2,1-4H3,(H,16,17)(H2,15,18,19). The molecule has 0 saturated carbocycles.